The van der Waals surface area contributed by atoms with Crippen molar-refractivity contribution in [3.05, 3.63) is 46.0 Å². The van der Waals surface area contributed by atoms with Crippen LogP contribution in [0.25, 0.3) is 0 Å². The van der Waals surface area contributed by atoms with Crippen LogP contribution in [0.2, 0.25) is 0 Å². The van der Waals surface area contributed by atoms with Gasteiger partial charge in [-0.05, 0) is 6.07 Å². The van der Waals surface area contributed by atoms with Gasteiger partial charge < -0.3 is 5.11 Å². The molecular weight excluding hydrogens is 304 g/mol. The molecule has 0 aliphatic carbocycles. The molecule has 9 nitrogen and oxygen atoms in total. The summed E-state index contributed by atoms with van der Waals surface area (Å²) >= 11 is 0. The van der Waals surface area contributed by atoms with Gasteiger partial charge in [-0.3, -0.25) is 14.9 Å². The van der Waals surface area contributed by atoms with E-state index in [-0.39, 0.29) is 10.5 Å². The van der Waals surface area contributed by atoms with Gasteiger partial charge in [-0.15, -0.1) is 0 Å². The first kappa shape index (κ1) is 14.7. The molecule has 2 rings (SSSR count). The largest absolute Gasteiger partial charge is 0.478 e. The number of carboxylic acid groups (broad SMARTS) is 1. The third-order valence-corrected chi connectivity index (χ3v) is 4.54. The zero-order valence-corrected chi connectivity index (χ0v) is 11.1. The number of sulfonamides is 1. The van der Waals surface area contributed by atoms with E-state index in [1.54, 1.807) is 0 Å². The molecule has 1 N–H and O–H groups in total. The van der Waals surface area contributed by atoms with Gasteiger partial charge in [-0.2, -0.15) is 0 Å². The number of amides is 1. The minimum Gasteiger partial charge on any atom is -0.478 e. The van der Waals surface area contributed by atoms with Gasteiger partial charge >= 0.3 is 5.97 Å². The minimum absolute atomic E-state index is 0.298. The molecule has 21 heavy (non-hydrogen) atoms. The van der Waals surface area contributed by atoms with E-state index in [1.165, 1.54) is 0 Å². The van der Waals surface area contributed by atoms with Crippen molar-refractivity contribution in [2.24, 2.45) is 0 Å². The van der Waals surface area contributed by atoms with Gasteiger partial charge in [0.2, 0.25) is 0 Å². The Kier molecular flexibility index (Phi) is 3.47. The van der Waals surface area contributed by atoms with Gasteiger partial charge in [0.1, 0.15) is 4.90 Å². The van der Waals surface area contributed by atoms with E-state index in [4.69, 9.17) is 5.11 Å². The lowest BCUT2D eigenvalue weighted by Crippen LogP contribution is -2.30. The summed E-state index contributed by atoms with van der Waals surface area (Å²) in [5.74, 6) is -2.21. The molecule has 0 radical (unpaired) electrons. The van der Waals surface area contributed by atoms with Crippen LogP contribution in [-0.2, 0) is 14.8 Å². The summed E-state index contributed by atoms with van der Waals surface area (Å²) in [5.41, 5.74) is -0.701. The molecule has 1 aromatic carbocycles. The standard InChI is InChI=1S/C11H8N2O7S/c14-10(15)2-1-5-12-11(16)8-6-7(13(17)18)3-4-9(8)21(12,19)20/h1-4,6H,5H2,(H,14,15)/b2-1+. The second kappa shape index (κ2) is 4.98. The monoisotopic (exact) mass is 312 g/mol. The third kappa shape index (κ3) is 2.48. The molecule has 0 aromatic heterocycles. The Bertz CT molecular complexity index is 782. The van der Waals surface area contributed by atoms with Crippen LogP contribution in [0.15, 0.2) is 35.2 Å². The lowest BCUT2D eigenvalue weighted by molar-refractivity contribution is -0.384. The summed E-state index contributed by atoms with van der Waals surface area (Å²) in [6.07, 6.45) is 1.70. The topological polar surface area (TPSA) is 135 Å². The predicted molar refractivity (Wildman–Crippen MR) is 68.1 cm³/mol. The fourth-order valence-corrected chi connectivity index (χ4v) is 3.32. The molecule has 0 atom stereocenters. The smallest absolute Gasteiger partial charge is 0.328 e. The molecule has 1 aliphatic heterocycles. The van der Waals surface area contributed by atoms with Crippen molar-refractivity contribution in [3.63, 3.8) is 0 Å². The molecule has 0 unspecified atom stereocenters. The number of nitrogens with zero attached hydrogens (tertiary/aromatic N) is 2. The maximum absolute atomic E-state index is 12.1. The SMILES string of the molecule is O=C(O)/C=C/CN1C(=O)c2cc([N+](=O)[O-])ccc2S1(=O)=O. The van der Waals surface area contributed by atoms with E-state index in [2.05, 4.69) is 0 Å². The zero-order valence-electron chi connectivity index (χ0n) is 10.3. The molecular formula is C11H8N2O7S. The summed E-state index contributed by atoms with van der Waals surface area (Å²) in [6.45, 7) is -0.462. The van der Waals surface area contributed by atoms with Crippen molar-refractivity contribution >= 4 is 27.6 Å². The molecule has 1 aromatic rings. The van der Waals surface area contributed by atoms with E-state index >= 15 is 0 Å². The molecule has 0 bridgehead atoms. The molecule has 1 aliphatic rings. The number of non-ortho nitro benzene ring substituents is 1. The van der Waals surface area contributed by atoms with E-state index in [1.807, 2.05) is 0 Å². The van der Waals surface area contributed by atoms with Crippen LogP contribution in [0.1, 0.15) is 10.4 Å². The highest BCUT2D eigenvalue weighted by atomic mass is 32.2. The van der Waals surface area contributed by atoms with Crippen LogP contribution in [0.5, 0.6) is 0 Å². The Morgan fingerprint density at radius 2 is 2.10 bits per heavy atom. The summed E-state index contributed by atoms with van der Waals surface area (Å²) in [5, 5.41) is 19.1. The number of nitro benzene ring substituents is 1. The molecule has 110 valence electrons. The van der Waals surface area contributed by atoms with Gasteiger partial charge in [0.05, 0.1) is 17.0 Å². The Morgan fingerprint density at radius 3 is 2.67 bits per heavy atom. The second-order valence-electron chi connectivity index (χ2n) is 4.02. The maximum Gasteiger partial charge on any atom is 0.328 e. The van der Waals surface area contributed by atoms with Crippen LogP contribution < -0.4 is 0 Å². The van der Waals surface area contributed by atoms with Gasteiger partial charge in [0, 0.05) is 18.2 Å². The number of nitro groups is 1. The van der Waals surface area contributed by atoms with Gasteiger partial charge in [0.25, 0.3) is 21.6 Å². The number of aliphatic carboxylic acids is 1. The minimum atomic E-state index is -4.12. The lowest BCUT2D eigenvalue weighted by Gasteiger charge is -2.11. The molecule has 1 amide bonds. The summed E-state index contributed by atoms with van der Waals surface area (Å²) < 4.78 is 24.7. The molecule has 0 fully saturated rings. The fourth-order valence-electron chi connectivity index (χ4n) is 1.82. The summed E-state index contributed by atoms with van der Waals surface area (Å²) in [7, 11) is -4.12. The number of rotatable bonds is 4. The van der Waals surface area contributed by atoms with Crippen molar-refractivity contribution in [2.75, 3.05) is 6.54 Å². The quantitative estimate of drug-likeness (QED) is 0.482. The van der Waals surface area contributed by atoms with E-state index < -0.39 is 39.1 Å². The normalized spacial score (nSPS) is 16.2. The first-order chi connectivity index (χ1) is 9.75. The molecule has 0 saturated carbocycles. The Hall–Kier alpha value is -2.75. The molecule has 10 heteroatoms. The first-order valence-electron chi connectivity index (χ1n) is 5.50. The van der Waals surface area contributed by atoms with Crippen molar-refractivity contribution < 1.29 is 28.0 Å². The Labute approximate surface area is 118 Å². The number of benzene rings is 1. The summed E-state index contributed by atoms with van der Waals surface area (Å²) in [4.78, 5) is 31.9. The fraction of sp³-hybridized carbons (Fsp3) is 0.0909. The zero-order chi connectivity index (χ0) is 15.8. The highest BCUT2D eigenvalue weighted by molar-refractivity contribution is 7.90. The molecule has 0 saturated heterocycles. The van der Waals surface area contributed by atoms with E-state index in [9.17, 15) is 28.1 Å². The first-order valence-corrected chi connectivity index (χ1v) is 6.94. The van der Waals surface area contributed by atoms with Gasteiger partial charge in [-0.1, -0.05) is 6.08 Å². The average molecular weight is 312 g/mol. The lowest BCUT2D eigenvalue weighted by atomic mass is 10.2. The Morgan fingerprint density at radius 1 is 1.43 bits per heavy atom. The van der Waals surface area contributed by atoms with Gasteiger partial charge in [0.15, 0.2) is 0 Å². The van der Waals surface area contributed by atoms with Gasteiger partial charge in [-0.25, -0.2) is 17.5 Å². The third-order valence-electron chi connectivity index (χ3n) is 2.73. The highest BCUT2D eigenvalue weighted by Crippen LogP contribution is 2.32. The van der Waals surface area contributed by atoms with Crippen LogP contribution in [0.4, 0.5) is 5.69 Å². The molecule has 1 heterocycles. The maximum atomic E-state index is 12.1. The van der Waals surface area contributed by atoms with Crippen LogP contribution >= 0.6 is 0 Å². The number of hydrogen-bond donors (Lipinski definition) is 1. The highest BCUT2D eigenvalue weighted by Gasteiger charge is 2.41. The van der Waals surface area contributed by atoms with E-state index in [0.717, 1.165) is 24.3 Å². The second-order valence-corrected chi connectivity index (χ2v) is 5.85. The predicted octanol–water partition coefficient (Wildman–Crippen LogP) is 0.380. The number of carbonyl (C=O) groups is 2. The number of hydrogen-bond acceptors (Lipinski definition) is 6. The molecule has 0 spiro atoms. The number of carboxylic acids is 1. The number of carbonyl (C=O) groups excluding carboxylic acids is 1. The van der Waals surface area contributed by atoms with Crippen molar-refractivity contribution in [2.45, 2.75) is 4.90 Å². The van der Waals surface area contributed by atoms with Crippen LogP contribution in [-0.4, -0.2) is 41.2 Å². The van der Waals surface area contributed by atoms with Crippen molar-refractivity contribution in [3.8, 4) is 0 Å². The van der Waals surface area contributed by atoms with E-state index in [0.29, 0.717) is 10.4 Å². The average Bonchev–Trinajstić information content (AvgIpc) is 2.59. The van der Waals surface area contributed by atoms with Crippen LogP contribution in [0, 0.1) is 10.1 Å². The van der Waals surface area contributed by atoms with Crippen molar-refractivity contribution in [1.29, 1.82) is 0 Å². The van der Waals surface area contributed by atoms with Crippen LogP contribution in [0.3, 0.4) is 0 Å². The summed E-state index contributed by atoms with van der Waals surface area (Å²) in [6, 6.07) is 2.86. The number of fused-ring (bicyclic) bond motifs is 1. The van der Waals surface area contributed by atoms with Crippen molar-refractivity contribution in [1.82, 2.24) is 4.31 Å². The Balaban J connectivity index is 2.44.